The van der Waals surface area contributed by atoms with E-state index in [1.54, 1.807) is 6.07 Å². The maximum Gasteiger partial charge on any atom is 0.267 e. The summed E-state index contributed by atoms with van der Waals surface area (Å²) in [5, 5.41) is 11.4. The van der Waals surface area contributed by atoms with Crippen LogP contribution in [0.2, 0.25) is 5.02 Å². The Morgan fingerprint density at radius 3 is 2.49 bits per heavy atom. The van der Waals surface area contributed by atoms with E-state index in [0.717, 1.165) is 62.3 Å². The van der Waals surface area contributed by atoms with Crippen LogP contribution in [0.15, 0.2) is 30.3 Å². The highest BCUT2D eigenvalue weighted by molar-refractivity contribution is 6.32. The van der Waals surface area contributed by atoms with Crippen molar-refractivity contribution in [2.75, 3.05) is 36.0 Å². The molecule has 208 valence electrons. The molecule has 9 nitrogen and oxygen atoms in total. The van der Waals surface area contributed by atoms with Crippen molar-refractivity contribution in [1.82, 2.24) is 4.98 Å². The molecule has 2 heterocycles. The number of nitrogens with two attached hydrogens (primary N) is 2. The molecule has 3 atom stereocenters. The fourth-order valence-electron chi connectivity index (χ4n) is 8.06. The van der Waals surface area contributed by atoms with Crippen LogP contribution in [0.4, 0.5) is 11.5 Å². The predicted octanol–water partition coefficient (Wildman–Crippen LogP) is 3.07. The first-order valence-corrected chi connectivity index (χ1v) is 14.2. The largest absolute Gasteiger partial charge is 0.482 e. The summed E-state index contributed by atoms with van der Waals surface area (Å²) in [7, 11) is 0. The van der Waals surface area contributed by atoms with E-state index in [9.17, 15) is 14.7 Å². The van der Waals surface area contributed by atoms with Crippen molar-refractivity contribution < 1.29 is 19.4 Å². The Kier molecular flexibility index (Phi) is 6.62. The fraction of sp³-hybridized carbons (Fsp3) is 0.552. The molecule has 1 saturated heterocycles. The predicted molar refractivity (Wildman–Crippen MR) is 149 cm³/mol. The fourth-order valence-corrected chi connectivity index (χ4v) is 8.29. The number of carbonyl (C=O) groups is 2. The molecule has 5 aliphatic rings. The zero-order valence-electron chi connectivity index (χ0n) is 22.2. The number of piperazine rings is 1. The minimum Gasteiger partial charge on any atom is -0.482 e. The number of hydrogen-bond acceptors (Lipinski definition) is 7. The number of aliphatic hydroxyl groups is 1. The summed E-state index contributed by atoms with van der Waals surface area (Å²) in [5.74, 6) is 1.73. The van der Waals surface area contributed by atoms with Crippen LogP contribution in [0.3, 0.4) is 0 Å². The second-order valence-corrected chi connectivity index (χ2v) is 12.5. The van der Waals surface area contributed by atoms with E-state index in [4.69, 9.17) is 32.8 Å². The van der Waals surface area contributed by atoms with Gasteiger partial charge >= 0.3 is 0 Å². The quantitative estimate of drug-likeness (QED) is 0.479. The van der Waals surface area contributed by atoms with Crippen LogP contribution in [-0.2, 0) is 4.79 Å². The Bertz CT molecular complexity index is 1290. The van der Waals surface area contributed by atoms with Gasteiger partial charge in [0.1, 0.15) is 17.3 Å². The molecule has 3 unspecified atom stereocenters. The number of amides is 2. The summed E-state index contributed by atoms with van der Waals surface area (Å²) in [5.41, 5.74) is 12.8. The van der Waals surface area contributed by atoms with Crippen molar-refractivity contribution in [3.63, 3.8) is 0 Å². The number of pyridine rings is 1. The molecule has 0 radical (unpaired) electrons. The summed E-state index contributed by atoms with van der Waals surface area (Å²) in [6.07, 6.45) is 4.78. The lowest BCUT2D eigenvalue weighted by atomic mass is 9.49. The van der Waals surface area contributed by atoms with Gasteiger partial charge in [-0.3, -0.25) is 9.59 Å². The summed E-state index contributed by atoms with van der Waals surface area (Å²) in [6, 6.07) is 9.74. The zero-order chi connectivity index (χ0) is 27.5. The normalized spacial score (nSPS) is 31.4. The van der Waals surface area contributed by atoms with Crippen molar-refractivity contribution in [3.05, 3.63) is 46.6 Å². The molecule has 0 spiro atoms. The number of hydrogen-bond donors (Lipinski definition) is 3. The van der Waals surface area contributed by atoms with Crippen LogP contribution in [0, 0.1) is 17.8 Å². The van der Waals surface area contributed by atoms with Gasteiger partial charge in [0, 0.05) is 31.4 Å². The molecular formula is C29H36ClN5O4. The monoisotopic (exact) mass is 553 g/mol. The Morgan fingerprint density at radius 1 is 1.13 bits per heavy atom. The van der Waals surface area contributed by atoms with Gasteiger partial charge in [-0.15, -0.1) is 0 Å². The highest BCUT2D eigenvalue weighted by atomic mass is 35.5. The average Bonchev–Trinajstić information content (AvgIpc) is 2.86. The van der Waals surface area contributed by atoms with Gasteiger partial charge in [0.25, 0.3) is 11.8 Å². The summed E-state index contributed by atoms with van der Waals surface area (Å²) in [6.45, 7) is 4.10. The molecule has 5 N–H and O–H groups in total. The minimum atomic E-state index is -0.558. The highest BCUT2D eigenvalue weighted by Gasteiger charge is 2.55. The van der Waals surface area contributed by atoms with E-state index in [0.29, 0.717) is 40.8 Å². The van der Waals surface area contributed by atoms with E-state index >= 15 is 0 Å². The smallest absolute Gasteiger partial charge is 0.267 e. The lowest BCUT2D eigenvalue weighted by Crippen LogP contribution is -2.54. The molecule has 4 bridgehead atoms. The lowest BCUT2D eigenvalue weighted by Gasteiger charge is -2.58. The van der Waals surface area contributed by atoms with Gasteiger partial charge in [0.05, 0.1) is 10.6 Å². The molecular weight excluding hydrogens is 518 g/mol. The van der Waals surface area contributed by atoms with Gasteiger partial charge < -0.3 is 31.1 Å². The molecule has 39 heavy (non-hydrogen) atoms. The molecule has 10 heteroatoms. The van der Waals surface area contributed by atoms with Crippen LogP contribution < -0.4 is 26.0 Å². The second-order valence-electron chi connectivity index (χ2n) is 12.0. The Labute approximate surface area is 233 Å². The third-order valence-electron chi connectivity index (χ3n) is 9.32. The number of halogens is 1. The maximum absolute atomic E-state index is 12.7. The molecule has 1 aliphatic heterocycles. The summed E-state index contributed by atoms with van der Waals surface area (Å²) in [4.78, 5) is 33.0. The van der Waals surface area contributed by atoms with Gasteiger partial charge in [-0.25, -0.2) is 4.98 Å². The second kappa shape index (κ2) is 9.86. The van der Waals surface area contributed by atoms with E-state index in [1.165, 1.54) is 0 Å². The SMILES string of the molecule is CC1CN(c2ccc(OCC(N)=O)c(Cl)c2)CCN1c1ccc(C2C3CC4CC2CC(O)(C4)C3)c(C(N)=O)n1. The van der Waals surface area contributed by atoms with Crippen molar-refractivity contribution in [3.8, 4) is 5.75 Å². The van der Waals surface area contributed by atoms with Crippen LogP contribution in [0.5, 0.6) is 5.75 Å². The number of primary amides is 2. The molecule has 4 aliphatic carbocycles. The molecule has 1 aromatic heterocycles. The van der Waals surface area contributed by atoms with Gasteiger partial charge in [-0.05, 0) is 92.5 Å². The van der Waals surface area contributed by atoms with Gasteiger partial charge in [0.15, 0.2) is 6.61 Å². The van der Waals surface area contributed by atoms with Crippen LogP contribution in [0.1, 0.15) is 61.0 Å². The average molecular weight is 554 g/mol. The van der Waals surface area contributed by atoms with E-state index in [1.807, 2.05) is 18.2 Å². The molecule has 4 saturated carbocycles. The first kappa shape index (κ1) is 26.2. The summed E-state index contributed by atoms with van der Waals surface area (Å²) >= 11 is 6.39. The number of rotatable bonds is 7. The maximum atomic E-state index is 12.7. The molecule has 2 aromatic rings. The highest BCUT2D eigenvalue weighted by Crippen LogP contribution is 2.61. The first-order chi connectivity index (χ1) is 18.6. The molecule has 5 fully saturated rings. The van der Waals surface area contributed by atoms with Gasteiger partial charge in [-0.1, -0.05) is 17.7 Å². The lowest BCUT2D eigenvalue weighted by molar-refractivity contribution is -0.134. The van der Waals surface area contributed by atoms with Gasteiger partial charge in [0.2, 0.25) is 0 Å². The van der Waals surface area contributed by atoms with E-state index in [2.05, 4.69) is 22.8 Å². The van der Waals surface area contributed by atoms with Crippen molar-refractivity contribution in [1.29, 1.82) is 0 Å². The number of carbonyl (C=O) groups excluding carboxylic acids is 2. The number of anilines is 2. The Balaban J connectivity index is 1.18. The van der Waals surface area contributed by atoms with Crippen molar-refractivity contribution in [2.24, 2.45) is 29.2 Å². The van der Waals surface area contributed by atoms with Crippen molar-refractivity contribution >= 4 is 34.9 Å². The van der Waals surface area contributed by atoms with E-state index in [-0.39, 0.29) is 18.6 Å². The van der Waals surface area contributed by atoms with Crippen molar-refractivity contribution in [2.45, 2.75) is 56.6 Å². The van der Waals surface area contributed by atoms with Crippen LogP contribution in [-0.4, -0.2) is 59.8 Å². The molecule has 2 amide bonds. The Morgan fingerprint density at radius 2 is 1.87 bits per heavy atom. The Hall–Kier alpha value is -3.04. The zero-order valence-corrected chi connectivity index (χ0v) is 22.9. The minimum absolute atomic E-state index is 0.123. The molecule has 7 rings (SSSR count). The van der Waals surface area contributed by atoms with Crippen LogP contribution >= 0.6 is 11.6 Å². The summed E-state index contributed by atoms with van der Waals surface area (Å²) < 4.78 is 5.37. The standard InChI is InChI=1S/C29H36ClN5O4/c1-16-14-34(20-2-4-23(22(30)10-20)39-15-24(31)36)6-7-35(16)25-5-3-21(27(33-25)28(32)37)26-18-8-17-9-19(26)13-29(38,11-17)12-18/h2-5,10,16-19,26,38H,6-9,11-15H2,1H3,(H2,31,36)(H2,32,37). The number of aromatic nitrogens is 1. The third kappa shape index (κ3) is 4.91. The number of nitrogens with zero attached hydrogens (tertiary/aromatic N) is 3. The topological polar surface area (TPSA) is 135 Å². The first-order valence-electron chi connectivity index (χ1n) is 13.9. The van der Waals surface area contributed by atoms with E-state index < -0.39 is 17.4 Å². The molecule has 1 aromatic carbocycles. The third-order valence-corrected chi connectivity index (χ3v) is 9.61. The van der Waals surface area contributed by atoms with Gasteiger partial charge in [-0.2, -0.15) is 0 Å². The number of benzene rings is 1. The van der Waals surface area contributed by atoms with Crippen LogP contribution in [0.25, 0.3) is 0 Å². The number of ether oxygens (including phenoxy) is 1.